The van der Waals surface area contributed by atoms with Gasteiger partial charge in [0, 0.05) is 10.9 Å². The Morgan fingerprint density at radius 2 is 2.00 bits per heavy atom. The monoisotopic (exact) mass is 428 g/mol. The predicted octanol–water partition coefficient (Wildman–Crippen LogP) is 5.49. The summed E-state index contributed by atoms with van der Waals surface area (Å²) in [5.74, 6) is 1.06. The van der Waals surface area contributed by atoms with Crippen molar-refractivity contribution < 1.29 is 18.7 Å². The van der Waals surface area contributed by atoms with Gasteiger partial charge in [0.2, 0.25) is 0 Å². The molecule has 0 radical (unpaired) electrons. The van der Waals surface area contributed by atoms with Crippen molar-refractivity contribution in [3.05, 3.63) is 84.1 Å². The topological polar surface area (TPSA) is 73.1 Å². The predicted molar refractivity (Wildman–Crippen MR) is 127 cm³/mol. The van der Waals surface area contributed by atoms with Crippen molar-refractivity contribution in [2.75, 3.05) is 13.7 Å². The van der Waals surface area contributed by atoms with Crippen LogP contribution in [0.2, 0.25) is 0 Å². The normalized spacial score (nSPS) is 11.2. The molecule has 1 N–H and O–H groups in total. The highest BCUT2D eigenvalue weighted by Gasteiger charge is 2.14. The highest BCUT2D eigenvalue weighted by molar-refractivity contribution is 6.08. The van der Waals surface area contributed by atoms with E-state index < -0.39 is 5.91 Å². The van der Waals surface area contributed by atoms with Gasteiger partial charge in [-0.3, -0.25) is 4.79 Å². The zero-order chi connectivity index (χ0) is 22.5. The Balaban J connectivity index is 1.56. The number of rotatable bonds is 8. The fourth-order valence-electron chi connectivity index (χ4n) is 3.65. The molecule has 6 heteroatoms. The maximum Gasteiger partial charge on any atom is 0.307 e. The van der Waals surface area contributed by atoms with Crippen molar-refractivity contribution in [3.8, 4) is 11.5 Å². The van der Waals surface area contributed by atoms with Gasteiger partial charge in [0.05, 0.1) is 19.9 Å². The summed E-state index contributed by atoms with van der Waals surface area (Å²) in [7, 11) is 1.59. The van der Waals surface area contributed by atoms with Crippen molar-refractivity contribution >= 4 is 33.9 Å². The van der Waals surface area contributed by atoms with E-state index in [1.54, 1.807) is 31.5 Å². The van der Waals surface area contributed by atoms with Crippen LogP contribution in [0.3, 0.4) is 0 Å². The van der Waals surface area contributed by atoms with Crippen molar-refractivity contribution in [1.29, 1.82) is 0 Å². The molecule has 0 atom stereocenters. The van der Waals surface area contributed by atoms with Gasteiger partial charge in [0.1, 0.15) is 5.58 Å². The van der Waals surface area contributed by atoms with Crippen LogP contribution in [0.4, 0.5) is 0 Å². The molecule has 0 spiro atoms. The number of hydrogen-bond donors (Lipinski definition) is 1. The Bertz CT molecular complexity index is 1320. The molecule has 0 fully saturated rings. The van der Waals surface area contributed by atoms with Gasteiger partial charge in [-0.2, -0.15) is 5.10 Å². The summed E-state index contributed by atoms with van der Waals surface area (Å²) < 4.78 is 16.9. The second kappa shape index (κ2) is 9.39. The Morgan fingerprint density at radius 3 is 2.78 bits per heavy atom. The molecule has 1 amide bonds. The minimum absolute atomic E-state index is 0.199. The van der Waals surface area contributed by atoms with E-state index in [4.69, 9.17) is 13.9 Å². The average molecular weight is 428 g/mol. The summed E-state index contributed by atoms with van der Waals surface area (Å²) in [4.78, 5) is 12.6. The molecule has 0 unspecified atom stereocenters. The minimum Gasteiger partial charge on any atom is -0.493 e. The Labute approximate surface area is 186 Å². The van der Waals surface area contributed by atoms with Crippen molar-refractivity contribution in [3.63, 3.8) is 0 Å². The zero-order valence-corrected chi connectivity index (χ0v) is 18.1. The summed E-state index contributed by atoms with van der Waals surface area (Å²) in [5.41, 5.74) is 4.88. The van der Waals surface area contributed by atoms with Crippen LogP contribution in [0.1, 0.15) is 28.6 Å². The van der Waals surface area contributed by atoms with Crippen LogP contribution in [0, 0.1) is 0 Å². The number of nitrogens with one attached hydrogen (secondary N) is 1. The molecular weight excluding hydrogens is 404 g/mol. The van der Waals surface area contributed by atoms with Crippen molar-refractivity contribution in [1.82, 2.24) is 5.43 Å². The molecule has 0 aliphatic rings. The van der Waals surface area contributed by atoms with Gasteiger partial charge in [-0.1, -0.05) is 36.4 Å². The van der Waals surface area contributed by atoms with Crippen LogP contribution >= 0.6 is 0 Å². The number of furan rings is 1. The number of hydrogen-bond acceptors (Lipinski definition) is 5. The number of fused-ring (bicyclic) bond motifs is 3. The Hall–Kier alpha value is -4.06. The first-order chi connectivity index (χ1) is 15.6. The SMILES string of the molecule is C=CCc1cc(/C=N\NC(=O)c2cc3c(ccc4ccccc43)o2)cc(OC)c1OCC. The first-order valence-corrected chi connectivity index (χ1v) is 10.3. The number of benzene rings is 3. The van der Waals surface area contributed by atoms with Gasteiger partial charge in [0.25, 0.3) is 0 Å². The Kier molecular flexibility index (Phi) is 6.22. The number of hydrazone groups is 1. The maximum atomic E-state index is 12.6. The molecule has 3 aromatic carbocycles. The van der Waals surface area contributed by atoms with Gasteiger partial charge in [-0.25, -0.2) is 5.43 Å². The molecule has 32 heavy (non-hydrogen) atoms. The quantitative estimate of drug-likeness (QED) is 0.229. The average Bonchev–Trinajstić information content (AvgIpc) is 3.26. The molecule has 1 aromatic heterocycles. The van der Waals surface area contributed by atoms with Gasteiger partial charge in [-0.05, 0) is 53.9 Å². The van der Waals surface area contributed by atoms with E-state index in [0.29, 0.717) is 30.1 Å². The zero-order valence-electron chi connectivity index (χ0n) is 18.1. The highest BCUT2D eigenvalue weighted by Crippen LogP contribution is 2.33. The number of carbonyl (C=O) groups is 1. The lowest BCUT2D eigenvalue weighted by Gasteiger charge is -2.14. The molecule has 0 bridgehead atoms. The van der Waals surface area contributed by atoms with Crippen molar-refractivity contribution in [2.24, 2.45) is 5.10 Å². The maximum absolute atomic E-state index is 12.6. The molecule has 0 aliphatic heterocycles. The highest BCUT2D eigenvalue weighted by atomic mass is 16.5. The lowest BCUT2D eigenvalue weighted by Crippen LogP contribution is -2.16. The van der Waals surface area contributed by atoms with Gasteiger partial charge < -0.3 is 13.9 Å². The number of methoxy groups -OCH3 is 1. The molecule has 162 valence electrons. The van der Waals surface area contributed by atoms with Crippen LogP contribution in [0.25, 0.3) is 21.7 Å². The minimum atomic E-state index is -0.425. The molecular formula is C26H24N2O4. The molecule has 4 aromatic rings. The second-order valence-corrected chi connectivity index (χ2v) is 7.15. The van der Waals surface area contributed by atoms with Crippen LogP contribution in [0.15, 0.2) is 76.8 Å². The summed E-state index contributed by atoms with van der Waals surface area (Å²) in [6.45, 7) is 6.24. The van der Waals surface area contributed by atoms with Crippen molar-refractivity contribution in [2.45, 2.75) is 13.3 Å². The van der Waals surface area contributed by atoms with E-state index in [1.807, 2.05) is 49.4 Å². The van der Waals surface area contributed by atoms with E-state index in [2.05, 4.69) is 17.1 Å². The van der Waals surface area contributed by atoms with Gasteiger partial charge in [-0.15, -0.1) is 6.58 Å². The van der Waals surface area contributed by atoms with E-state index in [-0.39, 0.29) is 5.76 Å². The van der Waals surface area contributed by atoms with E-state index in [1.165, 1.54) is 0 Å². The largest absolute Gasteiger partial charge is 0.493 e. The fraction of sp³-hybridized carbons (Fsp3) is 0.154. The fourth-order valence-corrected chi connectivity index (χ4v) is 3.65. The van der Waals surface area contributed by atoms with E-state index >= 15 is 0 Å². The third-order valence-electron chi connectivity index (χ3n) is 5.06. The number of allylic oxidation sites excluding steroid dienone is 1. The standard InChI is InChI=1S/C26H24N2O4/c1-4-8-19-13-17(14-23(30-3)25(19)31-5-2)16-27-28-26(29)24-15-21-20-10-7-6-9-18(20)11-12-22(21)32-24/h4,6-7,9-16H,1,5,8H2,2-3H3,(H,28,29)/b27-16-. The molecule has 0 aliphatic carbocycles. The van der Waals surface area contributed by atoms with Crippen LogP contribution in [-0.4, -0.2) is 25.8 Å². The lowest BCUT2D eigenvalue weighted by atomic mass is 10.1. The molecule has 0 saturated heterocycles. The summed E-state index contributed by atoms with van der Waals surface area (Å²) in [5, 5.41) is 7.11. The number of nitrogens with zero attached hydrogens (tertiary/aromatic N) is 1. The molecule has 0 saturated carbocycles. The van der Waals surface area contributed by atoms with Crippen LogP contribution < -0.4 is 14.9 Å². The van der Waals surface area contributed by atoms with Gasteiger partial charge in [0.15, 0.2) is 17.3 Å². The third kappa shape index (κ3) is 4.21. The lowest BCUT2D eigenvalue weighted by molar-refractivity contribution is 0.0929. The number of ether oxygens (including phenoxy) is 2. The summed E-state index contributed by atoms with van der Waals surface area (Å²) >= 11 is 0. The van der Waals surface area contributed by atoms with Crippen LogP contribution in [0.5, 0.6) is 11.5 Å². The number of carbonyl (C=O) groups excluding carboxylic acids is 1. The molecule has 4 rings (SSSR count). The van der Waals surface area contributed by atoms with E-state index in [0.717, 1.165) is 27.3 Å². The van der Waals surface area contributed by atoms with E-state index in [9.17, 15) is 4.79 Å². The molecule has 6 nitrogen and oxygen atoms in total. The second-order valence-electron chi connectivity index (χ2n) is 7.15. The van der Waals surface area contributed by atoms with Crippen LogP contribution in [-0.2, 0) is 6.42 Å². The smallest absolute Gasteiger partial charge is 0.307 e. The first kappa shape index (κ1) is 21.2. The summed E-state index contributed by atoms with van der Waals surface area (Å²) in [6.07, 6.45) is 3.97. The number of amides is 1. The summed E-state index contributed by atoms with van der Waals surface area (Å²) in [6, 6.07) is 17.3. The van der Waals surface area contributed by atoms with Gasteiger partial charge >= 0.3 is 5.91 Å². The Morgan fingerprint density at radius 1 is 1.16 bits per heavy atom. The third-order valence-corrected chi connectivity index (χ3v) is 5.06. The first-order valence-electron chi connectivity index (χ1n) is 10.3. The molecule has 1 heterocycles.